The maximum absolute atomic E-state index is 13.2. The highest BCUT2D eigenvalue weighted by Crippen LogP contribution is 2.33. The Hall–Kier alpha value is -0.910. The van der Waals surface area contributed by atoms with Gasteiger partial charge in [-0.15, -0.1) is 0 Å². The van der Waals surface area contributed by atoms with Gasteiger partial charge in [0.1, 0.15) is 17.3 Å². The number of benzene rings is 2. The van der Waals surface area contributed by atoms with E-state index >= 15 is 0 Å². The van der Waals surface area contributed by atoms with Gasteiger partial charge in [0.05, 0.1) is 4.47 Å². The number of ether oxygens (including phenoxy) is 1. The normalized spacial score (nSPS) is 12.3. The van der Waals surface area contributed by atoms with Gasteiger partial charge in [0.25, 0.3) is 0 Å². The van der Waals surface area contributed by atoms with E-state index in [1.807, 2.05) is 19.1 Å². The molecule has 0 saturated heterocycles. The summed E-state index contributed by atoms with van der Waals surface area (Å²) in [5.41, 5.74) is 6.82. The highest BCUT2D eigenvalue weighted by atomic mass is 79.9. The molecule has 2 rings (SSSR count). The lowest BCUT2D eigenvalue weighted by molar-refractivity contribution is 0.473. The van der Waals surface area contributed by atoms with Crippen molar-refractivity contribution in [1.82, 2.24) is 0 Å². The molecular weight excluding hydrogens is 377 g/mol. The maximum atomic E-state index is 13.2. The smallest absolute Gasteiger partial charge is 0.144 e. The molecule has 2 aromatic rings. The quantitative estimate of drug-likeness (QED) is 0.787. The van der Waals surface area contributed by atoms with Crippen molar-refractivity contribution in [2.24, 2.45) is 5.73 Å². The summed E-state index contributed by atoms with van der Waals surface area (Å²) in [6.07, 6.45) is 0. The average Bonchev–Trinajstić information content (AvgIpc) is 2.33. The summed E-state index contributed by atoms with van der Waals surface area (Å²) in [6.45, 7) is 1.91. The molecule has 0 aliphatic rings. The standard InChI is InChI=1S/C14H12Br2FNO/c1-8(18)11-4-3-10(7-13(11)16)19-14-6-9(17)2-5-12(14)15/h2-8H,18H2,1H3/t8-/m1/s1. The van der Waals surface area contributed by atoms with Crippen LogP contribution in [0, 0.1) is 5.82 Å². The molecule has 0 heterocycles. The highest BCUT2D eigenvalue weighted by Gasteiger charge is 2.09. The number of halogens is 3. The summed E-state index contributed by atoms with van der Waals surface area (Å²) in [5, 5.41) is 0. The van der Waals surface area contributed by atoms with Gasteiger partial charge in [-0.1, -0.05) is 22.0 Å². The first-order chi connectivity index (χ1) is 8.97. The van der Waals surface area contributed by atoms with E-state index in [9.17, 15) is 4.39 Å². The van der Waals surface area contributed by atoms with E-state index in [1.54, 1.807) is 12.1 Å². The average molecular weight is 389 g/mol. The fraction of sp³-hybridized carbons (Fsp3) is 0.143. The van der Waals surface area contributed by atoms with Gasteiger partial charge in [0, 0.05) is 16.6 Å². The fourth-order valence-electron chi connectivity index (χ4n) is 1.62. The lowest BCUT2D eigenvalue weighted by atomic mass is 10.1. The summed E-state index contributed by atoms with van der Waals surface area (Å²) >= 11 is 6.77. The number of hydrogen-bond acceptors (Lipinski definition) is 2. The van der Waals surface area contributed by atoms with Crippen molar-refractivity contribution in [2.45, 2.75) is 13.0 Å². The van der Waals surface area contributed by atoms with Gasteiger partial charge < -0.3 is 10.5 Å². The number of hydrogen-bond donors (Lipinski definition) is 1. The first-order valence-corrected chi connectivity index (χ1v) is 7.24. The zero-order valence-electron chi connectivity index (χ0n) is 10.2. The van der Waals surface area contributed by atoms with Crippen molar-refractivity contribution in [1.29, 1.82) is 0 Å². The molecule has 0 fully saturated rings. The lowest BCUT2D eigenvalue weighted by Crippen LogP contribution is -2.05. The van der Waals surface area contributed by atoms with Crippen LogP contribution in [0.2, 0.25) is 0 Å². The van der Waals surface area contributed by atoms with Crippen molar-refractivity contribution in [3.63, 3.8) is 0 Å². The van der Waals surface area contributed by atoms with Crippen LogP contribution in [-0.4, -0.2) is 0 Å². The molecule has 0 aliphatic carbocycles. The SMILES string of the molecule is C[C@@H](N)c1ccc(Oc2cc(F)ccc2Br)cc1Br. The zero-order valence-corrected chi connectivity index (χ0v) is 13.3. The van der Waals surface area contributed by atoms with Gasteiger partial charge in [0.2, 0.25) is 0 Å². The van der Waals surface area contributed by atoms with Gasteiger partial charge in [-0.3, -0.25) is 0 Å². The second-order valence-electron chi connectivity index (χ2n) is 4.15. The molecule has 19 heavy (non-hydrogen) atoms. The Bertz CT molecular complexity index is 602. The van der Waals surface area contributed by atoms with E-state index in [0.717, 1.165) is 10.0 Å². The summed E-state index contributed by atoms with van der Waals surface area (Å²) in [5.74, 6) is 0.701. The molecule has 0 bridgehead atoms. The second-order valence-corrected chi connectivity index (χ2v) is 5.86. The Balaban J connectivity index is 2.29. The summed E-state index contributed by atoms with van der Waals surface area (Å²) in [4.78, 5) is 0. The molecule has 0 aliphatic heterocycles. The molecule has 0 aromatic heterocycles. The molecule has 0 spiro atoms. The summed E-state index contributed by atoms with van der Waals surface area (Å²) in [7, 11) is 0. The van der Waals surface area contributed by atoms with Crippen LogP contribution >= 0.6 is 31.9 Å². The summed E-state index contributed by atoms with van der Waals surface area (Å²) < 4.78 is 20.4. The topological polar surface area (TPSA) is 35.2 Å². The third-order valence-electron chi connectivity index (χ3n) is 2.58. The minimum Gasteiger partial charge on any atom is -0.456 e. The van der Waals surface area contributed by atoms with Crippen LogP contribution in [0.4, 0.5) is 4.39 Å². The molecule has 5 heteroatoms. The molecule has 2 nitrogen and oxygen atoms in total. The van der Waals surface area contributed by atoms with Crippen LogP contribution in [0.3, 0.4) is 0 Å². The lowest BCUT2D eigenvalue weighted by Gasteiger charge is -2.12. The second kappa shape index (κ2) is 6.03. The van der Waals surface area contributed by atoms with Gasteiger partial charge in [-0.25, -0.2) is 4.39 Å². The monoisotopic (exact) mass is 387 g/mol. The molecule has 100 valence electrons. The number of nitrogens with two attached hydrogens (primary N) is 1. The molecule has 0 saturated carbocycles. The van der Waals surface area contributed by atoms with E-state index in [0.29, 0.717) is 16.0 Å². The predicted octanol–water partition coefficient (Wildman–Crippen LogP) is 5.16. The van der Waals surface area contributed by atoms with Crippen molar-refractivity contribution >= 4 is 31.9 Å². The van der Waals surface area contributed by atoms with Crippen LogP contribution in [0.5, 0.6) is 11.5 Å². The summed E-state index contributed by atoms with van der Waals surface area (Å²) in [6, 6.07) is 9.75. The molecule has 0 amide bonds. The Kier molecular flexibility index (Phi) is 4.60. The van der Waals surface area contributed by atoms with Gasteiger partial charge in [0.15, 0.2) is 0 Å². The van der Waals surface area contributed by atoms with Crippen LogP contribution in [0.15, 0.2) is 45.3 Å². The van der Waals surface area contributed by atoms with Crippen molar-refractivity contribution in [3.8, 4) is 11.5 Å². The Labute approximate surface area is 128 Å². The minimum absolute atomic E-state index is 0.0654. The van der Waals surface area contributed by atoms with Crippen molar-refractivity contribution < 1.29 is 9.13 Å². The Morgan fingerprint density at radius 2 is 1.84 bits per heavy atom. The highest BCUT2D eigenvalue weighted by molar-refractivity contribution is 9.10. The van der Waals surface area contributed by atoms with Crippen LogP contribution in [-0.2, 0) is 0 Å². The number of rotatable bonds is 3. The molecule has 0 unspecified atom stereocenters. The third-order valence-corrected chi connectivity index (χ3v) is 3.93. The molecular formula is C14H12Br2FNO. The van der Waals surface area contributed by atoms with E-state index in [1.165, 1.54) is 12.1 Å². The zero-order chi connectivity index (χ0) is 14.0. The predicted molar refractivity (Wildman–Crippen MR) is 80.9 cm³/mol. The molecule has 1 atom stereocenters. The van der Waals surface area contributed by atoms with Crippen molar-refractivity contribution in [3.05, 3.63) is 56.7 Å². The van der Waals surface area contributed by atoms with E-state index in [2.05, 4.69) is 31.9 Å². The van der Waals surface area contributed by atoms with Crippen LogP contribution < -0.4 is 10.5 Å². The fourth-order valence-corrected chi connectivity index (χ4v) is 2.67. The first-order valence-electron chi connectivity index (χ1n) is 5.65. The van der Waals surface area contributed by atoms with Crippen LogP contribution in [0.1, 0.15) is 18.5 Å². The Morgan fingerprint density at radius 3 is 2.47 bits per heavy atom. The van der Waals surface area contributed by atoms with Gasteiger partial charge in [-0.2, -0.15) is 0 Å². The van der Waals surface area contributed by atoms with E-state index in [4.69, 9.17) is 10.5 Å². The first kappa shape index (κ1) is 14.5. The largest absolute Gasteiger partial charge is 0.456 e. The van der Waals surface area contributed by atoms with Crippen molar-refractivity contribution in [2.75, 3.05) is 0 Å². The minimum atomic E-state index is -0.343. The molecule has 2 aromatic carbocycles. The van der Waals surface area contributed by atoms with E-state index < -0.39 is 0 Å². The van der Waals surface area contributed by atoms with Gasteiger partial charge >= 0.3 is 0 Å². The Morgan fingerprint density at radius 1 is 1.11 bits per heavy atom. The van der Waals surface area contributed by atoms with Gasteiger partial charge in [-0.05, 0) is 52.7 Å². The van der Waals surface area contributed by atoms with E-state index in [-0.39, 0.29) is 11.9 Å². The maximum Gasteiger partial charge on any atom is 0.144 e. The third kappa shape index (κ3) is 3.55. The van der Waals surface area contributed by atoms with Crippen LogP contribution in [0.25, 0.3) is 0 Å². The molecule has 2 N–H and O–H groups in total. The molecule has 0 radical (unpaired) electrons.